The summed E-state index contributed by atoms with van der Waals surface area (Å²) >= 11 is 0. The van der Waals surface area contributed by atoms with Crippen molar-refractivity contribution in [2.45, 2.75) is 45.4 Å². The van der Waals surface area contributed by atoms with E-state index in [0.717, 1.165) is 61.7 Å². The van der Waals surface area contributed by atoms with E-state index in [0.29, 0.717) is 24.3 Å². The Kier molecular flexibility index (Phi) is 5.80. The maximum Gasteiger partial charge on any atom is 0.417 e. The molecular formula is C23H27F3N2O2. The number of rotatable bonds is 6. The molecule has 2 fully saturated rings. The molecule has 4 nitrogen and oxygen atoms in total. The van der Waals surface area contributed by atoms with Gasteiger partial charge >= 0.3 is 6.18 Å². The Morgan fingerprint density at radius 1 is 1.07 bits per heavy atom. The molecule has 0 spiro atoms. The molecule has 1 aliphatic carbocycles. The van der Waals surface area contributed by atoms with Crippen molar-refractivity contribution in [3.05, 3.63) is 47.7 Å². The van der Waals surface area contributed by atoms with Gasteiger partial charge in [0.1, 0.15) is 11.9 Å². The lowest BCUT2D eigenvalue weighted by Gasteiger charge is -2.38. The number of pyridine rings is 1. The third-order valence-electron chi connectivity index (χ3n) is 5.97. The van der Waals surface area contributed by atoms with E-state index in [1.807, 2.05) is 25.1 Å². The van der Waals surface area contributed by atoms with E-state index in [4.69, 9.17) is 9.47 Å². The molecule has 1 aromatic carbocycles. The summed E-state index contributed by atoms with van der Waals surface area (Å²) in [6.07, 6.45) is -0.340. The number of hydrogen-bond donors (Lipinski definition) is 0. The first kappa shape index (κ1) is 20.8. The quantitative estimate of drug-likeness (QED) is 0.619. The molecule has 1 aliphatic heterocycles. The lowest BCUT2D eigenvalue weighted by molar-refractivity contribution is -0.137. The van der Waals surface area contributed by atoms with Crippen LogP contribution in [0.15, 0.2) is 36.5 Å². The number of alkyl halides is 3. The second-order valence-electron chi connectivity index (χ2n) is 8.29. The Morgan fingerprint density at radius 3 is 2.40 bits per heavy atom. The van der Waals surface area contributed by atoms with E-state index >= 15 is 0 Å². The van der Waals surface area contributed by atoms with Crippen LogP contribution in [0.5, 0.6) is 11.5 Å². The van der Waals surface area contributed by atoms with Crippen LogP contribution in [0.3, 0.4) is 0 Å². The molecule has 0 radical (unpaired) electrons. The summed E-state index contributed by atoms with van der Waals surface area (Å²) in [6.45, 7) is 6.21. The zero-order valence-electron chi connectivity index (χ0n) is 17.3. The maximum atomic E-state index is 12.8. The van der Waals surface area contributed by atoms with Crippen molar-refractivity contribution in [1.29, 1.82) is 0 Å². The Balaban J connectivity index is 1.46. The van der Waals surface area contributed by atoms with Crippen molar-refractivity contribution in [3.63, 3.8) is 0 Å². The number of benzene rings is 1. The van der Waals surface area contributed by atoms with Gasteiger partial charge in [0.25, 0.3) is 0 Å². The van der Waals surface area contributed by atoms with Crippen LogP contribution in [-0.4, -0.2) is 30.8 Å². The number of hydrogen-bond acceptors (Lipinski definition) is 4. The molecule has 2 aromatic rings. The monoisotopic (exact) mass is 420 g/mol. The molecule has 2 bridgehead atoms. The average molecular weight is 420 g/mol. The molecule has 0 unspecified atom stereocenters. The lowest BCUT2D eigenvalue weighted by Crippen LogP contribution is -2.47. The highest BCUT2D eigenvalue weighted by molar-refractivity contribution is 5.44. The van der Waals surface area contributed by atoms with Gasteiger partial charge in [-0.25, -0.2) is 4.98 Å². The van der Waals surface area contributed by atoms with E-state index in [2.05, 4.69) is 16.8 Å². The minimum Gasteiger partial charge on any atom is -0.490 e. The first-order valence-corrected chi connectivity index (χ1v) is 10.5. The standard InChI is InChI=1S/C23H27F3N2O2/c1-3-10-29-20-11-15(2)4-8-19(20)30-22-16-5-6-17(22)14-28(13-16)21-9-7-18(12-27-21)23(24,25)26/h4,7-9,11-12,16-17,22H,3,5-6,10,13-14H2,1-2H3/t16-,17+,22-. The molecule has 1 aromatic heterocycles. The summed E-state index contributed by atoms with van der Waals surface area (Å²) in [4.78, 5) is 6.17. The van der Waals surface area contributed by atoms with Gasteiger partial charge in [-0.3, -0.25) is 0 Å². The van der Waals surface area contributed by atoms with Gasteiger partial charge in [0.2, 0.25) is 0 Å². The highest BCUT2D eigenvalue weighted by atomic mass is 19.4. The first-order chi connectivity index (χ1) is 14.3. The molecule has 2 aliphatic rings. The zero-order valence-corrected chi connectivity index (χ0v) is 17.3. The lowest BCUT2D eigenvalue weighted by atomic mass is 9.94. The van der Waals surface area contributed by atoms with Gasteiger partial charge in [0.05, 0.1) is 12.2 Å². The summed E-state index contributed by atoms with van der Waals surface area (Å²) in [7, 11) is 0. The smallest absolute Gasteiger partial charge is 0.417 e. The Morgan fingerprint density at radius 2 is 1.80 bits per heavy atom. The van der Waals surface area contributed by atoms with Gasteiger partial charge in [0.15, 0.2) is 11.5 Å². The van der Waals surface area contributed by atoms with Crippen molar-refractivity contribution in [2.24, 2.45) is 11.8 Å². The first-order valence-electron chi connectivity index (χ1n) is 10.5. The molecule has 30 heavy (non-hydrogen) atoms. The summed E-state index contributed by atoms with van der Waals surface area (Å²) in [6, 6.07) is 8.59. The van der Waals surface area contributed by atoms with Crippen molar-refractivity contribution < 1.29 is 22.6 Å². The summed E-state index contributed by atoms with van der Waals surface area (Å²) in [5.74, 6) is 2.78. The molecule has 1 saturated heterocycles. The summed E-state index contributed by atoms with van der Waals surface area (Å²) in [5.41, 5.74) is 0.408. The minimum absolute atomic E-state index is 0.0855. The molecule has 3 atom stereocenters. The second kappa shape index (κ2) is 8.36. The van der Waals surface area contributed by atoms with Crippen LogP contribution >= 0.6 is 0 Å². The molecular weight excluding hydrogens is 393 g/mol. The van der Waals surface area contributed by atoms with Crippen LogP contribution < -0.4 is 14.4 Å². The van der Waals surface area contributed by atoms with E-state index in [1.165, 1.54) is 6.07 Å². The van der Waals surface area contributed by atoms with Crippen LogP contribution in [0.1, 0.15) is 37.3 Å². The van der Waals surface area contributed by atoms with Gasteiger partial charge in [-0.1, -0.05) is 13.0 Å². The van der Waals surface area contributed by atoms with Crippen molar-refractivity contribution in [1.82, 2.24) is 4.98 Å². The highest BCUT2D eigenvalue weighted by Gasteiger charge is 2.44. The summed E-state index contributed by atoms with van der Waals surface area (Å²) < 4.78 is 50.8. The molecule has 2 heterocycles. The van der Waals surface area contributed by atoms with Crippen molar-refractivity contribution >= 4 is 5.82 Å². The maximum absolute atomic E-state index is 12.8. The number of piperidine rings is 1. The number of aromatic nitrogens is 1. The average Bonchev–Trinajstić information content (AvgIpc) is 2.94. The number of ether oxygens (including phenoxy) is 2. The zero-order chi connectivity index (χ0) is 21.3. The van der Waals surface area contributed by atoms with Crippen molar-refractivity contribution in [3.8, 4) is 11.5 Å². The SMILES string of the molecule is CCCOc1cc(C)ccc1O[C@@H]1[C@@H]2CC[C@H]1CN(c1ccc(C(F)(F)F)cn1)C2. The molecule has 7 heteroatoms. The Bertz CT molecular complexity index is 856. The normalized spacial score (nSPS) is 23.5. The fourth-order valence-corrected chi connectivity index (χ4v) is 4.48. The van der Waals surface area contributed by atoms with E-state index in [1.54, 1.807) is 0 Å². The van der Waals surface area contributed by atoms with Gasteiger partial charge < -0.3 is 14.4 Å². The number of fused-ring (bicyclic) bond motifs is 2. The number of aryl methyl sites for hydroxylation is 1. The molecule has 4 rings (SSSR count). The topological polar surface area (TPSA) is 34.6 Å². The summed E-state index contributed by atoms with van der Waals surface area (Å²) in [5, 5.41) is 0. The van der Waals surface area contributed by atoms with E-state index in [-0.39, 0.29) is 6.10 Å². The van der Waals surface area contributed by atoms with Crippen LogP contribution in [0.2, 0.25) is 0 Å². The Labute approximate surface area is 175 Å². The van der Waals surface area contributed by atoms with Crippen LogP contribution in [0.4, 0.5) is 19.0 Å². The fourth-order valence-electron chi connectivity index (χ4n) is 4.48. The minimum atomic E-state index is -4.36. The van der Waals surface area contributed by atoms with Crippen LogP contribution in [0, 0.1) is 18.8 Å². The number of nitrogens with zero attached hydrogens (tertiary/aromatic N) is 2. The van der Waals surface area contributed by atoms with E-state index < -0.39 is 11.7 Å². The molecule has 162 valence electrons. The van der Waals surface area contributed by atoms with Gasteiger partial charge in [-0.05, 0) is 56.0 Å². The van der Waals surface area contributed by atoms with Gasteiger partial charge in [-0.15, -0.1) is 0 Å². The Hall–Kier alpha value is -2.44. The van der Waals surface area contributed by atoms with Crippen LogP contribution in [0.25, 0.3) is 0 Å². The molecule has 0 amide bonds. The number of anilines is 1. The molecule has 1 saturated carbocycles. The van der Waals surface area contributed by atoms with Gasteiger partial charge in [0, 0.05) is 31.1 Å². The van der Waals surface area contributed by atoms with Gasteiger partial charge in [-0.2, -0.15) is 13.2 Å². The predicted molar refractivity (Wildman–Crippen MR) is 109 cm³/mol. The van der Waals surface area contributed by atoms with E-state index in [9.17, 15) is 13.2 Å². The third-order valence-corrected chi connectivity index (χ3v) is 5.97. The number of halogens is 3. The third kappa shape index (κ3) is 4.35. The highest BCUT2D eigenvalue weighted by Crippen LogP contribution is 2.42. The fraction of sp³-hybridized carbons (Fsp3) is 0.522. The second-order valence-corrected chi connectivity index (χ2v) is 8.29. The van der Waals surface area contributed by atoms with Crippen LogP contribution in [-0.2, 0) is 6.18 Å². The predicted octanol–water partition coefficient (Wildman–Crippen LogP) is 5.49. The largest absolute Gasteiger partial charge is 0.490 e. The molecule has 0 N–H and O–H groups in total. The van der Waals surface area contributed by atoms with Crippen molar-refractivity contribution in [2.75, 3.05) is 24.6 Å².